The summed E-state index contributed by atoms with van der Waals surface area (Å²) in [5.41, 5.74) is 4.70. The standard InChI is InChI=1S/C22H16N2O4S2/c1-11-7-13(17-3-5-19(29-17)21(25)26)9-15(23-11)16-10-14(8-12(2)24-16)18-4-6-20(30-18)22(27)28/h3-10H,1-2H3,(H,25,26)(H,27,28). The van der Waals surface area contributed by atoms with Crippen molar-refractivity contribution in [3.05, 3.63) is 69.7 Å². The Kier molecular flexibility index (Phi) is 5.19. The fourth-order valence-corrected chi connectivity index (χ4v) is 4.76. The molecule has 0 spiro atoms. The van der Waals surface area contributed by atoms with Gasteiger partial charge in [0.2, 0.25) is 0 Å². The lowest BCUT2D eigenvalue weighted by atomic mass is 10.1. The highest BCUT2D eigenvalue weighted by molar-refractivity contribution is 7.17. The van der Waals surface area contributed by atoms with Crippen LogP contribution in [-0.4, -0.2) is 32.1 Å². The van der Waals surface area contributed by atoms with E-state index < -0.39 is 11.9 Å². The largest absolute Gasteiger partial charge is 0.477 e. The highest BCUT2D eigenvalue weighted by Crippen LogP contribution is 2.34. The van der Waals surface area contributed by atoms with Crippen molar-refractivity contribution in [3.63, 3.8) is 0 Å². The van der Waals surface area contributed by atoms with Crippen molar-refractivity contribution in [3.8, 4) is 32.3 Å². The highest BCUT2D eigenvalue weighted by Gasteiger charge is 2.14. The first-order chi connectivity index (χ1) is 14.3. The minimum Gasteiger partial charge on any atom is -0.477 e. The molecule has 0 fully saturated rings. The average Bonchev–Trinajstić information content (AvgIpc) is 3.37. The first-order valence-corrected chi connectivity index (χ1v) is 10.6. The van der Waals surface area contributed by atoms with E-state index >= 15 is 0 Å². The summed E-state index contributed by atoms with van der Waals surface area (Å²) in [5.74, 6) is -1.89. The van der Waals surface area contributed by atoms with Crippen LogP contribution in [0.5, 0.6) is 0 Å². The van der Waals surface area contributed by atoms with Crippen LogP contribution in [-0.2, 0) is 0 Å². The van der Waals surface area contributed by atoms with Crippen LogP contribution in [0, 0.1) is 13.8 Å². The van der Waals surface area contributed by atoms with Gasteiger partial charge in [0.15, 0.2) is 0 Å². The van der Waals surface area contributed by atoms with Gasteiger partial charge in [0.05, 0.1) is 11.4 Å². The number of aryl methyl sites for hydroxylation is 2. The first-order valence-electron chi connectivity index (χ1n) is 8.95. The number of aromatic carboxylic acids is 2. The Morgan fingerprint density at radius 1 is 0.700 bits per heavy atom. The Labute approximate surface area is 180 Å². The van der Waals surface area contributed by atoms with Gasteiger partial charge in [0, 0.05) is 21.1 Å². The molecule has 30 heavy (non-hydrogen) atoms. The zero-order valence-corrected chi connectivity index (χ0v) is 17.7. The van der Waals surface area contributed by atoms with Crippen molar-refractivity contribution in [2.24, 2.45) is 0 Å². The number of aromatic nitrogens is 2. The molecule has 0 unspecified atom stereocenters. The summed E-state index contributed by atoms with van der Waals surface area (Å²) in [6.45, 7) is 3.77. The molecule has 0 atom stereocenters. The number of carbonyl (C=O) groups is 2. The van der Waals surface area contributed by atoms with Crippen molar-refractivity contribution < 1.29 is 19.8 Å². The molecule has 6 nitrogen and oxygen atoms in total. The molecular weight excluding hydrogens is 420 g/mol. The molecule has 0 amide bonds. The van der Waals surface area contributed by atoms with E-state index in [2.05, 4.69) is 9.97 Å². The Hall–Kier alpha value is -3.36. The van der Waals surface area contributed by atoms with Crippen molar-refractivity contribution in [1.29, 1.82) is 0 Å². The summed E-state index contributed by atoms with van der Waals surface area (Å²) in [6, 6.07) is 14.4. The second-order valence-electron chi connectivity index (χ2n) is 6.70. The molecule has 0 radical (unpaired) electrons. The fourth-order valence-electron chi connectivity index (χ4n) is 3.10. The van der Waals surface area contributed by atoms with Crippen LogP contribution < -0.4 is 0 Å². The maximum atomic E-state index is 11.2. The van der Waals surface area contributed by atoms with Gasteiger partial charge in [-0.2, -0.15) is 0 Å². The number of hydrogen-bond donors (Lipinski definition) is 2. The molecule has 0 aromatic carbocycles. The Bertz CT molecular complexity index is 1190. The van der Waals surface area contributed by atoms with Gasteiger partial charge >= 0.3 is 11.9 Å². The van der Waals surface area contributed by atoms with E-state index in [9.17, 15) is 19.8 Å². The minimum absolute atomic E-state index is 0.281. The molecule has 4 heterocycles. The normalized spacial score (nSPS) is 10.9. The zero-order chi connectivity index (χ0) is 21.4. The lowest BCUT2D eigenvalue weighted by Crippen LogP contribution is -1.94. The molecule has 4 rings (SSSR count). The SMILES string of the molecule is Cc1cc(-c2ccc(C(=O)O)s2)cc(-c2cc(-c3ccc(C(=O)O)s3)cc(C)n2)n1. The van der Waals surface area contributed by atoms with Crippen LogP contribution in [0.3, 0.4) is 0 Å². The van der Waals surface area contributed by atoms with Crippen molar-refractivity contribution in [2.45, 2.75) is 13.8 Å². The predicted octanol–water partition coefficient (Wildman–Crippen LogP) is 5.61. The summed E-state index contributed by atoms with van der Waals surface area (Å²) in [7, 11) is 0. The molecule has 0 aliphatic carbocycles. The van der Waals surface area contributed by atoms with Gasteiger partial charge in [-0.1, -0.05) is 0 Å². The van der Waals surface area contributed by atoms with E-state index in [1.165, 1.54) is 22.7 Å². The number of carboxylic acids is 2. The van der Waals surface area contributed by atoms with Crippen molar-refractivity contribution >= 4 is 34.6 Å². The topological polar surface area (TPSA) is 100 Å². The van der Waals surface area contributed by atoms with E-state index in [4.69, 9.17) is 0 Å². The summed E-state index contributed by atoms with van der Waals surface area (Å²) in [5, 5.41) is 18.4. The number of nitrogens with zero attached hydrogens (tertiary/aromatic N) is 2. The summed E-state index contributed by atoms with van der Waals surface area (Å²) in [6.07, 6.45) is 0. The molecule has 0 saturated heterocycles. The summed E-state index contributed by atoms with van der Waals surface area (Å²) < 4.78 is 0. The van der Waals surface area contributed by atoms with Crippen LogP contribution in [0.15, 0.2) is 48.5 Å². The van der Waals surface area contributed by atoms with E-state index in [0.29, 0.717) is 11.4 Å². The molecule has 2 N–H and O–H groups in total. The first kappa shape index (κ1) is 19.9. The van der Waals surface area contributed by atoms with Crippen molar-refractivity contribution in [1.82, 2.24) is 9.97 Å². The van der Waals surface area contributed by atoms with Gasteiger partial charge in [0.25, 0.3) is 0 Å². The van der Waals surface area contributed by atoms with Gasteiger partial charge in [-0.15, -0.1) is 22.7 Å². The number of hydrogen-bond acceptors (Lipinski definition) is 6. The molecule has 150 valence electrons. The summed E-state index contributed by atoms with van der Waals surface area (Å²) >= 11 is 2.43. The fraction of sp³-hybridized carbons (Fsp3) is 0.0909. The van der Waals surface area contributed by atoms with Crippen LogP contribution in [0.2, 0.25) is 0 Å². The maximum Gasteiger partial charge on any atom is 0.345 e. The molecule has 4 aromatic heterocycles. The van der Waals surface area contributed by atoms with Crippen LogP contribution in [0.25, 0.3) is 32.3 Å². The predicted molar refractivity (Wildman–Crippen MR) is 117 cm³/mol. The average molecular weight is 437 g/mol. The minimum atomic E-state index is -0.945. The number of rotatable bonds is 5. The molecule has 4 aromatic rings. The lowest BCUT2D eigenvalue weighted by Gasteiger charge is -2.08. The van der Waals surface area contributed by atoms with E-state index in [-0.39, 0.29) is 9.75 Å². The summed E-state index contributed by atoms with van der Waals surface area (Å²) in [4.78, 5) is 33.9. The van der Waals surface area contributed by atoms with Gasteiger partial charge in [-0.05, 0) is 73.5 Å². The van der Waals surface area contributed by atoms with Crippen LogP contribution in [0.1, 0.15) is 30.7 Å². The third kappa shape index (κ3) is 4.00. The van der Waals surface area contributed by atoms with Crippen LogP contribution >= 0.6 is 22.7 Å². The third-order valence-electron chi connectivity index (χ3n) is 4.37. The molecule has 0 aliphatic heterocycles. The monoisotopic (exact) mass is 436 g/mol. The zero-order valence-electron chi connectivity index (χ0n) is 16.0. The molecule has 8 heteroatoms. The number of carboxylic acid groups (broad SMARTS) is 2. The molecule has 0 bridgehead atoms. The number of thiophene rings is 2. The Morgan fingerprint density at radius 2 is 1.10 bits per heavy atom. The van der Waals surface area contributed by atoms with E-state index in [0.717, 1.165) is 32.3 Å². The van der Waals surface area contributed by atoms with Gasteiger partial charge in [0.1, 0.15) is 9.75 Å². The number of pyridine rings is 2. The van der Waals surface area contributed by atoms with Crippen LogP contribution in [0.4, 0.5) is 0 Å². The highest BCUT2D eigenvalue weighted by atomic mass is 32.1. The second-order valence-corrected chi connectivity index (χ2v) is 8.87. The van der Waals surface area contributed by atoms with E-state index in [1.54, 1.807) is 24.3 Å². The lowest BCUT2D eigenvalue weighted by molar-refractivity contribution is 0.0691. The molecule has 0 saturated carbocycles. The van der Waals surface area contributed by atoms with Gasteiger partial charge in [-0.3, -0.25) is 9.97 Å². The second kappa shape index (κ2) is 7.81. The quantitative estimate of drug-likeness (QED) is 0.421. The third-order valence-corrected chi connectivity index (χ3v) is 6.62. The van der Waals surface area contributed by atoms with E-state index in [1.807, 2.05) is 38.1 Å². The van der Waals surface area contributed by atoms with Crippen molar-refractivity contribution in [2.75, 3.05) is 0 Å². The molecule has 0 aliphatic rings. The maximum absolute atomic E-state index is 11.2. The smallest absolute Gasteiger partial charge is 0.345 e. The van der Waals surface area contributed by atoms with Gasteiger partial charge in [-0.25, -0.2) is 9.59 Å². The Morgan fingerprint density at radius 3 is 1.43 bits per heavy atom. The molecular formula is C22H16N2O4S2. The van der Waals surface area contributed by atoms with Gasteiger partial charge < -0.3 is 10.2 Å². The Balaban J connectivity index is 1.78.